The molecule has 0 spiro atoms. The van der Waals surface area contributed by atoms with Crippen LogP contribution in [0.3, 0.4) is 0 Å². The van der Waals surface area contributed by atoms with Crippen molar-refractivity contribution in [3.05, 3.63) is 59.7 Å². The van der Waals surface area contributed by atoms with Crippen molar-refractivity contribution in [2.75, 3.05) is 0 Å². The Kier molecular flexibility index (Phi) is 2.96. The molecule has 2 aromatic carbocycles. The lowest BCUT2D eigenvalue weighted by molar-refractivity contribution is -0.187. The number of hydrogen-bond acceptors (Lipinski definition) is 6. The predicted molar refractivity (Wildman–Crippen MR) is 67.9 cm³/mol. The summed E-state index contributed by atoms with van der Waals surface area (Å²) in [6.45, 7) is 0. The molecule has 0 saturated heterocycles. The van der Waals surface area contributed by atoms with E-state index in [1.807, 2.05) is 0 Å². The highest BCUT2D eigenvalue weighted by molar-refractivity contribution is 5.96. The van der Waals surface area contributed by atoms with E-state index in [9.17, 15) is 9.59 Å². The van der Waals surface area contributed by atoms with Crippen molar-refractivity contribution in [3.63, 3.8) is 0 Å². The molecule has 1 aliphatic rings. The zero-order valence-corrected chi connectivity index (χ0v) is 10.1. The van der Waals surface area contributed by atoms with Gasteiger partial charge in [-0.15, -0.1) is 5.11 Å². The van der Waals surface area contributed by atoms with Crippen LogP contribution in [-0.4, -0.2) is 11.9 Å². The average Bonchev–Trinajstić information content (AvgIpc) is 2.87. The summed E-state index contributed by atoms with van der Waals surface area (Å²) in [5.41, 5.74) is 1.54. The molecule has 0 aromatic heterocycles. The second-order valence-electron chi connectivity index (χ2n) is 4.01. The maximum Gasteiger partial charge on any atom is 0.388 e. The van der Waals surface area contributed by atoms with Gasteiger partial charge in [0.1, 0.15) is 5.69 Å². The molecule has 0 saturated carbocycles. The van der Waals surface area contributed by atoms with Gasteiger partial charge in [-0.25, -0.2) is 19.4 Å². The molecule has 0 unspecified atom stereocenters. The van der Waals surface area contributed by atoms with Crippen LogP contribution in [0.5, 0.6) is 0 Å². The van der Waals surface area contributed by atoms with Crippen molar-refractivity contribution in [3.8, 4) is 0 Å². The molecule has 0 aliphatic carbocycles. The van der Waals surface area contributed by atoms with E-state index in [0.29, 0.717) is 16.9 Å². The van der Waals surface area contributed by atoms with Gasteiger partial charge in [-0.05, 0) is 30.3 Å². The average molecular weight is 268 g/mol. The molecule has 0 amide bonds. The molecule has 6 heteroatoms. The van der Waals surface area contributed by atoms with E-state index in [1.165, 1.54) is 6.07 Å². The lowest BCUT2D eigenvalue weighted by Gasteiger charge is -2.03. The fourth-order valence-corrected chi connectivity index (χ4v) is 1.69. The summed E-state index contributed by atoms with van der Waals surface area (Å²) in [5, 5.41) is 7.59. The Morgan fingerprint density at radius 1 is 0.850 bits per heavy atom. The number of fused-ring (bicyclic) bond motifs is 2. The third-order valence-corrected chi connectivity index (χ3v) is 2.68. The van der Waals surface area contributed by atoms with Gasteiger partial charge in [0.2, 0.25) is 0 Å². The molecule has 1 aliphatic heterocycles. The van der Waals surface area contributed by atoms with Gasteiger partial charge in [0.15, 0.2) is 0 Å². The van der Waals surface area contributed by atoms with Crippen molar-refractivity contribution in [1.82, 2.24) is 0 Å². The molecule has 0 fully saturated rings. The lowest BCUT2D eigenvalue weighted by atomic mass is 10.2. The molecule has 0 N–H and O–H groups in total. The summed E-state index contributed by atoms with van der Waals surface area (Å²) in [6, 6.07) is 13.0. The summed E-state index contributed by atoms with van der Waals surface area (Å²) >= 11 is 0. The molecule has 98 valence electrons. The quantitative estimate of drug-likeness (QED) is 0.527. The summed E-state index contributed by atoms with van der Waals surface area (Å²) < 4.78 is 0. The first kappa shape index (κ1) is 12.0. The first-order chi connectivity index (χ1) is 9.74. The Morgan fingerprint density at radius 3 is 2.40 bits per heavy atom. The first-order valence-corrected chi connectivity index (χ1v) is 5.78. The van der Waals surface area contributed by atoms with Crippen LogP contribution in [0.15, 0.2) is 58.8 Å². The predicted octanol–water partition coefficient (Wildman–Crippen LogP) is 3.34. The van der Waals surface area contributed by atoms with Crippen LogP contribution in [0, 0.1) is 0 Å². The van der Waals surface area contributed by atoms with Crippen LogP contribution in [0.1, 0.15) is 20.7 Å². The lowest BCUT2D eigenvalue weighted by Crippen LogP contribution is -2.11. The highest BCUT2D eigenvalue weighted by Gasteiger charge is 2.19. The van der Waals surface area contributed by atoms with Crippen molar-refractivity contribution in [1.29, 1.82) is 0 Å². The Balaban J connectivity index is 1.66. The van der Waals surface area contributed by atoms with Crippen LogP contribution < -0.4 is 0 Å². The van der Waals surface area contributed by atoms with Crippen LogP contribution in [0.25, 0.3) is 0 Å². The fraction of sp³-hybridized carbons (Fsp3) is 0. The monoisotopic (exact) mass is 268 g/mol. The van der Waals surface area contributed by atoms with Crippen LogP contribution >= 0.6 is 0 Å². The highest BCUT2D eigenvalue weighted by atomic mass is 17.2. The van der Waals surface area contributed by atoms with E-state index in [4.69, 9.17) is 0 Å². The SMILES string of the molecule is O=C(OOC(=O)c1ccc2cc1N=N2)c1ccccc1. The van der Waals surface area contributed by atoms with Crippen molar-refractivity contribution in [2.45, 2.75) is 0 Å². The minimum Gasteiger partial charge on any atom is -0.242 e. The van der Waals surface area contributed by atoms with Gasteiger partial charge in [-0.3, -0.25) is 0 Å². The molecule has 1 heterocycles. The van der Waals surface area contributed by atoms with Crippen LogP contribution in [0.4, 0.5) is 11.4 Å². The molecule has 2 aromatic rings. The first-order valence-electron chi connectivity index (χ1n) is 5.78. The molecular formula is C14H8N2O4. The van der Waals surface area contributed by atoms with E-state index in [1.54, 1.807) is 42.5 Å². The summed E-state index contributed by atoms with van der Waals surface area (Å²) in [5.74, 6) is -1.54. The summed E-state index contributed by atoms with van der Waals surface area (Å²) in [4.78, 5) is 32.4. The molecule has 0 atom stereocenters. The fourth-order valence-electron chi connectivity index (χ4n) is 1.69. The van der Waals surface area contributed by atoms with Gasteiger partial charge in [0.05, 0.1) is 16.8 Å². The van der Waals surface area contributed by atoms with E-state index >= 15 is 0 Å². The van der Waals surface area contributed by atoms with Gasteiger partial charge >= 0.3 is 11.9 Å². The van der Waals surface area contributed by atoms with Gasteiger partial charge in [-0.1, -0.05) is 18.2 Å². The van der Waals surface area contributed by atoms with Crippen molar-refractivity contribution < 1.29 is 19.4 Å². The second-order valence-corrected chi connectivity index (χ2v) is 4.01. The topological polar surface area (TPSA) is 77.3 Å². The third kappa shape index (κ3) is 2.26. The number of carbonyl (C=O) groups is 2. The minimum atomic E-state index is -0.795. The Hall–Kier alpha value is -3.02. The largest absolute Gasteiger partial charge is 0.388 e. The zero-order valence-electron chi connectivity index (χ0n) is 10.1. The van der Waals surface area contributed by atoms with Crippen molar-refractivity contribution >= 4 is 23.3 Å². The van der Waals surface area contributed by atoms with E-state index < -0.39 is 11.9 Å². The Morgan fingerprint density at radius 2 is 1.60 bits per heavy atom. The molecule has 2 bridgehead atoms. The number of azo groups is 1. The number of carbonyl (C=O) groups excluding carboxylic acids is 2. The minimum absolute atomic E-state index is 0.191. The van der Waals surface area contributed by atoms with Gasteiger partial charge in [0.25, 0.3) is 0 Å². The number of rotatable bonds is 2. The smallest absolute Gasteiger partial charge is 0.242 e. The molecule has 0 radical (unpaired) electrons. The maximum absolute atomic E-state index is 11.8. The number of hydrogen-bond donors (Lipinski definition) is 0. The molecule has 20 heavy (non-hydrogen) atoms. The summed E-state index contributed by atoms with van der Waals surface area (Å²) in [6.07, 6.45) is 0. The Bertz CT molecular complexity index is 710. The standard InChI is InChI=1S/C14H8N2O4/c17-13(9-4-2-1-3-5-9)19-20-14(18)11-7-6-10-8-12(11)16-15-10/h1-8H. The molecular weight excluding hydrogens is 260 g/mol. The number of nitrogens with zero attached hydrogens (tertiary/aromatic N) is 2. The maximum atomic E-state index is 11.8. The third-order valence-electron chi connectivity index (χ3n) is 2.68. The van der Waals surface area contributed by atoms with E-state index in [0.717, 1.165) is 0 Å². The van der Waals surface area contributed by atoms with Crippen LogP contribution in [-0.2, 0) is 9.78 Å². The van der Waals surface area contributed by atoms with Gasteiger partial charge < -0.3 is 0 Å². The molecule has 6 nitrogen and oxygen atoms in total. The number of benzene rings is 2. The van der Waals surface area contributed by atoms with Gasteiger partial charge in [0, 0.05) is 0 Å². The van der Waals surface area contributed by atoms with E-state index in [-0.39, 0.29) is 5.56 Å². The van der Waals surface area contributed by atoms with Crippen molar-refractivity contribution in [2.24, 2.45) is 10.2 Å². The van der Waals surface area contributed by atoms with Gasteiger partial charge in [-0.2, -0.15) is 5.11 Å². The Labute approximate surface area is 113 Å². The highest BCUT2D eigenvalue weighted by Crippen LogP contribution is 2.33. The molecule has 3 rings (SSSR count). The van der Waals surface area contributed by atoms with Crippen LogP contribution in [0.2, 0.25) is 0 Å². The second kappa shape index (κ2) is 4.93. The van der Waals surface area contributed by atoms with E-state index in [2.05, 4.69) is 20.0 Å². The zero-order chi connectivity index (χ0) is 13.9. The summed E-state index contributed by atoms with van der Waals surface area (Å²) in [7, 11) is 0. The normalized spacial score (nSPS) is 11.2.